The van der Waals surface area contributed by atoms with Crippen LogP contribution < -0.4 is 20.1 Å². The summed E-state index contributed by atoms with van der Waals surface area (Å²) in [5.41, 5.74) is 5.48. The van der Waals surface area contributed by atoms with E-state index in [1.165, 1.54) is 30.9 Å². The number of aromatic nitrogens is 2. The zero-order valence-corrected chi connectivity index (χ0v) is 28.4. The molecule has 1 fully saturated rings. The highest BCUT2D eigenvalue weighted by Gasteiger charge is 2.43. The van der Waals surface area contributed by atoms with Gasteiger partial charge < -0.3 is 29.3 Å². The van der Waals surface area contributed by atoms with Crippen LogP contribution in [0.1, 0.15) is 84.7 Å². The second-order valence-electron chi connectivity index (χ2n) is 13.5. The van der Waals surface area contributed by atoms with Gasteiger partial charge in [0.2, 0.25) is 17.7 Å². The van der Waals surface area contributed by atoms with Crippen LogP contribution in [0.5, 0.6) is 11.8 Å². The molecule has 0 unspecified atom stereocenters. The molecule has 2 aliphatic heterocycles. The molecular formula is C37H45N5O5. The van der Waals surface area contributed by atoms with Crippen molar-refractivity contribution < 1.29 is 23.4 Å². The monoisotopic (exact) mass is 639 g/mol. The number of carbonyl (C=O) groups excluding carboxylic acids is 1. The van der Waals surface area contributed by atoms with Crippen molar-refractivity contribution in [1.29, 1.82) is 0 Å². The number of aryl methyl sites for hydroxylation is 1. The molecule has 10 nitrogen and oxygen atoms in total. The molecular weight excluding hydrogens is 594 g/mol. The molecule has 0 saturated carbocycles. The fourth-order valence-electron chi connectivity index (χ4n) is 6.79. The molecule has 248 valence electrons. The number of hydrogen-bond acceptors (Lipinski definition) is 9. The SMILES string of the molecule is COc1nc(NC2CCN(Cc3ccccc3)CC2)nc(OC)c1NC(=O)c1ccc(Cc2cc3c(cc2C)C(C)(C)OC3(C)C)o1. The Labute approximate surface area is 276 Å². The minimum Gasteiger partial charge on any atom is -0.479 e. The molecule has 6 rings (SSSR count). The van der Waals surface area contributed by atoms with Crippen LogP contribution in [0.25, 0.3) is 0 Å². The number of nitrogens with one attached hydrogen (secondary N) is 2. The van der Waals surface area contributed by atoms with E-state index in [1.807, 2.05) is 12.1 Å². The van der Waals surface area contributed by atoms with E-state index in [0.717, 1.165) is 43.6 Å². The van der Waals surface area contributed by atoms with E-state index in [0.29, 0.717) is 18.1 Å². The van der Waals surface area contributed by atoms with E-state index in [1.54, 1.807) is 6.07 Å². The maximum Gasteiger partial charge on any atom is 0.291 e. The smallest absolute Gasteiger partial charge is 0.291 e. The number of hydrogen-bond donors (Lipinski definition) is 2. The Morgan fingerprint density at radius 3 is 2.21 bits per heavy atom. The first kappa shape index (κ1) is 32.5. The number of ether oxygens (including phenoxy) is 3. The number of nitrogens with zero attached hydrogens (tertiary/aromatic N) is 3. The lowest BCUT2D eigenvalue weighted by molar-refractivity contribution is -0.105. The van der Waals surface area contributed by atoms with E-state index in [4.69, 9.17) is 18.6 Å². The summed E-state index contributed by atoms with van der Waals surface area (Å²) in [6.07, 6.45) is 2.45. The fourth-order valence-corrected chi connectivity index (χ4v) is 6.79. The molecule has 2 N–H and O–H groups in total. The van der Waals surface area contributed by atoms with Gasteiger partial charge in [0.15, 0.2) is 11.4 Å². The molecule has 2 aromatic heterocycles. The van der Waals surface area contributed by atoms with Gasteiger partial charge in [-0.05, 0) is 87.4 Å². The molecule has 1 amide bonds. The van der Waals surface area contributed by atoms with Gasteiger partial charge in [-0.2, -0.15) is 9.97 Å². The first-order valence-electron chi connectivity index (χ1n) is 16.2. The lowest BCUT2D eigenvalue weighted by atomic mass is 9.86. The minimum absolute atomic E-state index is 0.164. The van der Waals surface area contributed by atoms with E-state index in [2.05, 4.69) is 96.5 Å². The van der Waals surface area contributed by atoms with E-state index < -0.39 is 5.91 Å². The van der Waals surface area contributed by atoms with Gasteiger partial charge in [-0.15, -0.1) is 0 Å². The standard InChI is InChI=1S/C37H45N5O5/c1-23-19-28-29(37(4,5)47-36(28,2)3)21-25(23)20-27-13-14-30(46-27)32(43)39-31-33(44-6)40-35(41-34(31)45-7)38-26-15-17-42(18-16-26)22-24-11-9-8-10-12-24/h8-14,19,21,26H,15-18,20,22H2,1-7H3,(H,39,43)(H,38,40,41). The number of rotatable bonds is 10. The summed E-state index contributed by atoms with van der Waals surface area (Å²) in [7, 11) is 3.00. The predicted molar refractivity (Wildman–Crippen MR) is 181 cm³/mol. The molecule has 0 bridgehead atoms. The number of carbonyl (C=O) groups is 1. The third-order valence-corrected chi connectivity index (χ3v) is 9.17. The number of fused-ring (bicyclic) bond motifs is 1. The average Bonchev–Trinajstić information content (AvgIpc) is 3.58. The van der Waals surface area contributed by atoms with Gasteiger partial charge in [0.25, 0.3) is 5.91 Å². The summed E-state index contributed by atoms with van der Waals surface area (Å²) in [6, 6.07) is 18.6. The topological polar surface area (TPSA) is 111 Å². The second kappa shape index (κ2) is 13.0. The molecule has 0 aliphatic carbocycles. The second-order valence-corrected chi connectivity index (χ2v) is 13.5. The van der Waals surface area contributed by atoms with Crippen LogP contribution in [0.15, 0.2) is 59.0 Å². The zero-order chi connectivity index (χ0) is 33.3. The number of methoxy groups -OCH3 is 2. The summed E-state index contributed by atoms with van der Waals surface area (Å²) >= 11 is 0. The molecule has 0 radical (unpaired) electrons. The molecule has 4 aromatic rings. The molecule has 0 atom stereocenters. The van der Waals surface area contributed by atoms with Crippen molar-refractivity contribution in [3.8, 4) is 11.8 Å². The number of piperidine rings is 1. The van der Waals surface area contributed by atoms with E-state index >= 15 is 0 Å². The van der Waals surface area contributed by atoms with Crippen LogP contribution in [-0.4, -0.2) is 54.1 Å². The van der Waals surface area contributed by atoms with Gasteiger partial charge in [-0.3, -0.25) is 9.69 Å². The maximum absolute atomic E-state index is 13.3. The number of amides is 1. The highest BCUT2D eigenvalue weighted by molar-refractivity contribution is 6.03. The van der Waals surface area contributed by atoms with Crippen LogP contribution in [0.4, 0.5) is 11.6 Å². The molecule has 4 heterocycles. The summed E-state index contributed by atoms with van der Waals surface area (Å²) in [5.74, 6) is 1.17. The predicted octanol–water partition coefficient (Wildman–Crippen LogP) is 6.82. The van der Waals surface area contributed by atoms with Gasteiger partial charge >= 0.3 is 0 Å². The normalized spacial score (nSPS) is 17.3. The summed E-state index contributed by atoms with van der Waals surface area (Å²) in [6.45, 7) is 13.4. The van der Waals surface area contributed by atoms with Crippen molar-refractivity contribution in [2.24, 2.45) is 0 Å². The number of likely N-dealkylation sites (tertiary alicyclic amines) is 1. The Morgan fingerprint density at radius 2 is 1.57 bits per heavy atom. The largest absolute Gasteiger partial charge is 0.479 e. The van der Waals surface area contributed by atoms with Crippen LogP contribution >= 0.6 is 0 Å². The molecule has 2 aromatic carbocycles. The minimum atomic E-state index is -0.454. The third-order valence-electron chi connectivity index (χ3n) is 9.17. The average molecular weight is 640 g/mol. The molecule has 0 spiro atoms. The van der Waals surface area contributed by atoms with Gasteiger partial charge in [0.1, 0.15) is 5.76 Å². The molecule has 1 saturated heterocycles. The van der Waals surface area contributed by atoms with Gasteiger partial charge in [0.05, 0.1) is 25.4 Å². The van der Waals surface area contributed by atoms with Crippen molar-refractivity contribution in [2.45, 2.75) is 77.7 Å². The van der Waals surface area contributed by atoms with Gasteiger partial charge in [0, 0.05) is 32.1 Å². The van der Waals surface area contributed by atoms with Crippen LogP contribution in [0.2, 0.25) is 0 Å². The molecule has 47 heavy (non-hydrogen) atoms. The third kappa shape index (κ3) is 6.99. The fraction of sp³-hybridized carbons (Fsp3) is 0.432. The Balaban J connectivity index is 1.11. The quantitative estimate of drug-likeness (QED) is 0.193. The van der Waals surface area contributed by atoms with Gasteiger partial charge in [-0.25, -0.2) is 0 Å². The maximum atomic E-state index is 13.3. The van der Waals surface area contributed by atoms with E-state index in [9.17, 15) is 4.79 Å². The zero-order valence-electron chi connectivity index (χ0n) is 28.4. The summed E-state index contributed by atoms with van der Waals surface area (Å²) in [5, 5.41) is 6.28. The molecule has 10 heteroatoms. The lowest BCUT2D eigenvalue weighted by Crippen LogP contribution is -2.39. The van der Waals surface area contributed by atoms with Crippen LogP contribution in [0.3, 0.4) is 0 Å². The van der Waals surface area contributed by atoms with Crippen molar-refractivity contribution in [3.63, 3.8) is 0 Å². The number of benzene rings is 2. The highest BCUT2D eigenvalue weighted by atomic mass is 16.5. The lowest BCUT2D eigenvalue weighted by Gasteiger charge is -2.32. The summed E-state index contributed by atoms with van der Waals surface area (Å²) in [4.78, 5) is 24.9. The molecule has 2 aliphatic rings. The first-order valence-corrected chi connectivity index (χ1v) is 16.2. The Hall–Kier alpha value is -4.41. The highest BCUT2D eigenvalue weighted by Crippen LogP contribution is 2.47. The van der Waals surface area contributed by atoms with Crippen molar-refractivity contribution in [1.82, 2.24) is 14.9 Å². The van der Waals surface area contributed by atoms with Gasteiger partial charge in [-0.1, -0.05) is 42.5 Å². The Bertz CT molecular complexity index is 1720. The van der Waals surface area contributed by atoms with E-state index in [-0.39, 0.29) is 40.5 Å². The van der Waals surface area contributed by atoms with Crippen molar-refractivity contribution in [2.75, 3.05) is 37.9 Å². The Morgan fingerprint density at radius 1 is 0.936 bits per heavy atom. The number of anilines is 2. The van der Waals surface area contributed by atoms with Crippen LogP contribution in [0, 0.1) is 6.92 Å². The van der Waals surface area contributed by atoms with Crippen LogP contribution in [-0.2, 0) is 28.9 Å². The number of furan rings is 1. The van der Waals surface area contributed by atoms with Crippen molar-refractivity contribution >= 4 is 17.5 Å². The summed E-state index contributed by atoms with van der Waals surface area (Å²) < 4.78 is 23.5. The Kier molecular flexibility index (Phi) is 9.00. The van der Waals surface area contributed by atoms with Crippen molar-refractivity contribution in [3.05, 3.63) is 93.9 Å². The first-order chi connectivity index (χ1) is 22.5.